The van der Waals surface area contributed by atoms with Crippen molar-refractivity contribution in [3.05, 3.63) is 66.8 Å². The Kier molecular flexibility index (Phi) is 6.33. The van der Waals surface area contributed by atoms with Gasteiger partial charge in [-0.1, -0.05) is 42.5 Å². The molecular weight excluding hydrogens is 338 g/mol. The zero-order chi connectivity index (χ0) is 18.4. The summed E-state index contributed by atoms with van der Waals surface area (Å²) < 4.78 is 32.7. The summed E-state index contributed by atoms with van der Waals surface area (Å²) in [5.41, 5.74) is 0.996. The summed E-state index contributed by atoms with van der Waals surface area (Å²) in [4.78, 5) is 11.6. The predicted molar refractivity (Wildman–Crippen MR) is 97.5 cm³/mol. The molecule has 2 atom stereocenters. The molecule has 2 unspecified atom stereocenters. The Morgan fingerprint density at radius 3 is 2.60 bits per heavy atom. The van der Waals surface area contributed by atoms with Crippen molar-refractivity contribution in [2.24, 2.45) is 0 Å². The molecule has 25 heavy (non-hydrogen) atoms. The second-order valence-corrected chi connectivity index (χ2v) is 7.71. The van der Waals surface area contributed by atoms with Crippen LogP contribution in [0.2, 0.25) is 0 Å². The first-order valence-corrected chi connectivity index (χ1v) is 9.53. The summed E-state index contributed by atoms with van der Waals surface area (Å²) in [5.74, 6) is -0.517. The van der Waals surface area contributed by atoms with Gasteiger partial charge in [0.1, 0.15) is 6.10 Å². The third-order valence-electron chi connectivity index (χ3n) is 3.97. The van der Waals surface area contributed by atoms with Crippen LogP contribution in [-0.4, -0.2) is 37.4 Å². The maximum absolute atomic E-state index is 13.1. The molecule has 0 bridgehead atoms. The van der Waals surface area contributed by atoms with Crippen molar-refractivity contribution in [3.63, 3.8) is 0 Å². The maximum Gasteiger partial charge on any atom is 0.330 e. The highest BCUT2D eigenvalue weighted by Crippen LogP contribution is 2.26. The molecule has 5 nitrogen and oxygen atoms in total. The molecule has 0 radical (unpaired) electrons. The summed E-state index contributed by atoms with van der Waals surface area (Å²) >= 11 is 0. The predicted octanol–water partition coefficient (Wildman–Crippen LogP) is 2.99. The van der Waals surface area contributed by atoms with Gasteiger partial charge in [-0.2, -0.15) is 4.31 Å². The van der Waals surface area contributed by atoms with Crippen LogP contribution in [0, 0.1) is 6.92 Å². The fraction of sp³-hybridized carbons (Fsp3) is 0.316. The number of hydrogen-bond acceptors (Lipinski definition) is 4. The SMILES string of the molecule is C=CC(=O)OC1C=CC(N(C/C=C/C)S(=O)(=O)c2ccc(C)cc2)C1. The summed E-state index contributed by atoms with van der Waals surface area (Å²) in [6.45, 7) is 7.38. The molecule has 1 aliphatic carbocycles. The normalized spacial score (nSPS) is 20.3. The van der Waals surface area contributed by atoms with E-state index >= 15 is 0 Å². The minimum absolute atomic E-state index is 0.252. The Morgan fingerprint density at radius 1 is 1.32 bits per heavy atom. The molecular formula is C19H23NO4S. The van der Waals surface area contributed by atoms with Gasteiger partial charge < -0.3 is 4.74 Å². The Hall–Kier alpha value is -2.18. The highest BCUT2D eigenvalue weighted by molar-refractivity contribution is 7.89. The van der Waals surface area contributed by atoms with E-state index < -0.39 is 22.1 Å². The largest absolute Gasteiger partial charge is 0.455 e. The van der Waals surface area contributed by atoms with Crippen molar-refractivity contribution in [2.75, 3.05) is 6.54 Å². The van der Waals surface area contributed by atoms with Crippen LogP contribution in [0.3, 0.4) is 0 Å². The molecule has 0 saturated heterocycles. The van der Waals surface area contributed by atoms with E-state index in [0.717, 1.165) is 11.6 Å². The Labute approximate surface area is 149 Å². The molecule has 1 aliphatic rings. The lowest BCUT2D eigenvalue weighted by Gasteiger charge is -2.26. The highest BCUT2D eigenvalue weighted by Gasteiger charge is 2.34. The first-order valence-electron chi connectivity index (χ1n) is 8.09. The van der Waals surface area contributed by atoms with Crippen LogP contribution >= 0.6 is 0 Å². The maximum atomic E-state index is 13.1. The molecule has 1 aromatic rings. The quantitative estimate of drug-likeness (QED) is 0.425. The summed E-state index contributed by atoms with van der Waals surface area (Å²) in [6, 6.07) is 6.41. The van der Waals surface area contributed by atoms with Gasteiger partial charge in [-0.3, -0.25) is 0 Å². The number of aryl methyl sites for hydroxylation is 1. The van der Waals surface area contributed by atoms with Crippen LogP contribution < -0.4 is 0 Å². The first kappa shape index (κ1) is 19.1. The van der Waals surface area contributed by atoms with E-state index in [0.29, 0.717) is 6.42 Å². The Bertz CT molecular complexity index is 778. The molecule has 0 aliphatic heterocycles. The number of nitrogens with zero attached hydrogens (tertiary/aromatic N) is 1. The van der Waals surface area contributed by atoms with Gasteiger partial charge in [-0.15, -0.1) is 0 Å². The first-order chi connectivity index (χ1) is 11.9. The van der Waals surface area contributed by atoms with E-state index in [1.807, 2.05) is 19.9 Å². The minimum atomic E-state index is -3.66. The number of allylic oxidation sites excluding steroid dienone is 1. The van der Waals surface area contributed by atoms with E-state index in [1.54, 1.807) is 42.5 Å². The number of rotatable bonds is 7. The fourth-order valence-corrected chi connectivity index (χ4v) is 4.16. The van der Waals surface area contributed by atoms with Crippen molar-refractivity contribution in [2.45, 2.75) is 37.3 Å². The molecule has 2 rings (SSSR count). The fourth-order valence-electron chi connectivity index (χ4n) is 2.61. The van der Waals surface area contributed by atoms with Crippen LogP contribution in [0.1, 0.15) is 18.9 Å². The lowest BCUT2D eigenvalue weighted by Crippen LogP contribution is -2.39. The molecule has 0 aromatic heterocycles. The van der Waals surface area contributed by atoms with Crippen molar-refractivity contribution < 1.29 is 17.9 Å². The van der Waals surface area contributed by atoms with Gasteiger partial charge >= 0.3 is 5.97 Å². The molecule has 6 heteroatoms. The smallest absolute Gasteiger partial charge is 0.330 e. The number of sulfonamides is 1. The summed E-state index contributed by atoms with van der Waals surface area (Å²) in [6.07, 6.45) is 8.14. The highest BCUT2D eigenvalue weighted by atomic mass is 32.2. The topological polar surface area (TPSA) is 63.7 Å². The van der Waals surface area contributed by atoms with E-state index in [9.17, 15) is 13.2 Å². The number of esters is 1. The molecule has 1 aromatic carbocycles. The molecule has 0 saturated carbocycles. The number of carbonyl (C=O) groups is 1. The lowest BCUT2D eigenvalue weighted by atomic mass is 10.2. The molecule has 0 amide bonds. The third-order valence-corrected chi connectivity index (χ3v) is 5.88. The number of ether oxygens (including phenoxy) is 1. The van der Waals surface area contributed by atoms with Crippen LogP contribution in [0.4, 0.5) is 0 Å². The van der Waals surface area contributed by atoms with E-state index in [2.05, 4.69) is 6.58 Å². The van der Waals surface area contributed by atoms with Gasteiger partial charge in [0.25, 0.3) is 0 Å². The van der Waals surface area contributed by atoms with Gasteiger partial charge in [-0.05, 0) is 32.1 Å². The third kappa shape index (κ3) is 4.67. The van der Waals surface area contributed by atoms with Gasteiger partial charge in [0.05, 0.1) is 4.90 Å². The Balaban J connectivity index is 2.25. The standard InChI is InChI=1S/C19H23NO4S/c1-4-6-13-20(16-9-10-17(14-16)24-19(21)5-2)25(22,23)18-11-7-15(3)8-12-18/h4-12,16-17H,2,13-14H2,1,3H3/b6-4+. The minimum Gasteiger partial charge on any atom is -0.455 e. The second kappa shape index (κ2) is 8.27. The molecule has 0 heterocycles. The number of benzene rings is 1. The van der Waals surface area contributed by atoms with Crippen molar-refractivity contribution in [1.29, 1.82) is 0 Å². The number of carbonyl (C=O) groups excluding carboxylic acids is 1. The van der Waals surface area contributed by atoms with Crippen LogP contribution in [0.5, 0.6) is 0 Å². The molecule has 0 spiro atoms. The number of hydrogen-bond donors (Lipinski definition) is 0. The zero-order valence-electron chi connectivity index (χ0n) is 14.5. The van der Waals surface area contributed by atoms with Gasteiger partial charge in [0.2, 0.25) is 10.0 Å². The van der Waals surface area contributed by atoms with Crippen molar-refractivity contribution >= 4 is 16.0 Å². The van der Waals surface area contributed by atoms with Crippen LogP contribution in [0.25, 0.3) is 0 Å². The molecule has 0 fully saturated rings. The van der Waals surface area contributed by atoms with Crippen LogP contribution in [-0.2, 0) is 19.6 Å². The molecule has 134 valence electrons. The van der Waals surface area contributed by atoms with Gasteiger partial charge in [0.15, 0.2) is 0 Å². The second-order valence-electron chi connectivity index (χ2n) is 5.82. The average Bonchev–Trinajstić information content (AvgIpc) is 3.03. The van der Waals surface area contributed by atoms with Crippen molar-refractivity contribution in [1.82, 2.24) is 4.31 Å². The van der Waals surface area contributed by atoms with E-state index in [1.165, 1.54) is 4.31 Å². The Morgan fingerprint density at radius 2 is 2.00 bits per heavy atom. The average molecular weight is 361 g/mol. The summed E-state index contributed by atoms with van der Waals surface area (Å²) in [5, 5.41) is 0. The zero-order valence-corrected chi connectivity index (χ0v) is 15.3. The lowest BCUT2D eigenvalue weighted by molar-refractivity contribution is -0.140. The van der Waals surface area contributed by atoms with E-state index in [-0.39, 0.29) is 17.5 Å². The van der Waals surface area contributed by atoms with Gasteiger partial charge in [-0.25, -0.2) is 13.2 Å². The van der Waals surface area contributed by atoms with Gasteiger partial charge in [0, 0.05) is 25.1 Å². The van der Waals surface area contributed by atoms with Crippen molar-refractivity contribution in [3.8, 4) is 0 Å². The van der Waals surface area contributed by atoms with E-state index in [4.69, 9.17) is 4.74 Å². The molecule has 0 N–H and O–H groups in total. The monoisotopic (exact) mass is 361 g/mol. The van der Waals surface area contributed by atoms with Crippen LogP contribution in [0.15, 0.2) is 66.1 Å². The summed E-state index contributed by atoms with van der Waals surface area (Å²) in [7, 11) is -3.66.